The number of hydrogen-bond donors (Lipinski definition) is 0. The van der Waals surface area contributed by atoms with E-state index in [1.165, 1.54) is 11.1 Å². The Balaban J connectivity index is 2.07. The van der Waals surface area contributed by atoms with Crippen LogP contribution in [0.15, 0.2) is 24.3 Å². The van der Waals surface area contributed by atoms with Crippen LogP contribution in [0.2, 0.25) is 0 Å². The molecule has 0 spiro atoms. The number of aryl methyl sites for hydroxylation is 1. The number of nitrogens with zero attached hydrogens (tertiary/aromatic N) is 1. The molecule has 1 heterocycles. The molecule has 23 heavy (non-hydrogen) atoms. The van der Waals surface area contributed by atoms with Gasteiger partial charge in [0.1, 0.15) is 5.75 Å². The average Bonchev–Trinajstić information content (AvgIpc) is 2.45. The molecule has 128 valence electrons. The number of sulfone groups is 1. The van der Waals surface area contributed by atoms with Crippen molar-refractivity contribution >= 4 is 15.7 Å². The van der Waals surface area contributed by atoms with Gasteiger partial charge in [0.2, 0.25) is 5.91 Å². The summed E-state index contributed by atoms with van der Waals surface area (Å²) >= 11 is 0. The van der Waals surface area contributed by atoms with Crippen LogP contribution in [0.25, 0.3) is 0 Å². The first kappa shape index (κ1) is 17.9. The van der Waals surface area contributed by atoms with Crippen molar-refractivity contribution < 1.29 is 17.9 Å². The predicted octanol–water partition coefficient (Wildman–Crippen LogP) is 1.45. The van der Waals surface area contributed by atoms with E-state index in [4.69, 9.17) is 4.74 Å². The molecule has 1 fully saturated rings. The van der Waals surface area contributed by atoms with E-state index in [1.54, 1.807) is 12.0 Å². The zero-order valence-corrected chi connectivity index (χ0v) is 14.8. The number of carbonyl (C=O) groups excluding carboxylic acids is 1. The molecule has 6 heteroatoms. The minimum Gasteiger partial charge on any atom is -0.381 e. The maximum atomic E-state index is 12.2. The van der Waals surface area contributed by atoms with Crippen LogP contribution in [0.1, 0.15) is 17.5 Å². The standard InChI is InChI=1S/C17H25NO4S/c1-13-5-4-6-14(9-13)10-15-11-18(8-7-16(15)22-2)17(19)12-23(3,20)21/h4-6,9,15-16H,7-8,10-12H2,1-3H3/t15-,16-/m1/s1. The fourth-order valence-corrected chi connectivity index (χ4v) is 3.83. The monoisotopic (exact) mass is 339 g/mol. The van der Waals surface area contributed by atoms with E-state index < -0.39 is 15.6 Å². The van der Waals surface area contributed by atoms with Gasteiger partial charge in [-0.1, -0.05) is 29.8 Å². The lowest BCUT2D eigenvalue weighted by Crippen LogP contribution is -2.48. The molecule has 0 aromatic heterocycles. The van der Waals surface area contributed by atoms with E-state index >= 15 is 0 Å². The van der Waals surface area contributed by atoms with Gasteiger partial charge in [0, 0.05) is 32.4 Å². The van der Waals surface area contributed by atoms with Gasteiger partial charge >= 0.3 is 0 Å². The Kier molecular flexibility index (Phi) is 5.81. The summed E-state index contributed by atoms with van der Waals surface area (Å²) in [5.74, 6) is -0.544. The molecule has 0 aliphatic carbocycles. The van der Waals surface area contributed by atoms with Gasteiger partial charge < -0.3 is 9.64 Å². The first-order valence-electron chi connectivity index (χ1n) is 7.82. The number of likely N-dealkylation sites (tertiary alicyclic amines) is 1. The van der Waals surface area contributed by atoms with Gasteiger partial charge in [-0.15, -0.1) is 0 Å². The van der Waals surface area contributed by atoms with Gasteiger partial charge in [-0.3, -0.25) is 4.79 Å². The summed E-state index contributed by atoms with van der Waals surface area (Å²) in [6.07, 6.45) is 2.75. The van der Waals surface area contributed by atoms with E-state index in [2.05, 4.69) is 25.1 Å². The highest BCUT2D eigenvalue weighted by atomic mass is 32.2. The number of benzene rings is 1. The van der Waals surface area contributed by atoms with E-state index in [-0.39, 0.29) is 17.9 Å². The maximum Gasteiger partial charge on any atom is 0.237 e. The van der Waals surface area contributed by atoms with Gasteiger partial charge in [0.05, 0.1) is 6.10 Å². The number of amides is 1. The van der Waals surface area contributed by atoms with Crippen molar-refractivity contribution in [2.45, 2.75) is 25.9 Å². The topological polar surface area (TPSA) is 63.7 Å². The quantitative estimate of drug-likeness (QED) is 0.814. The lowest BCUT2D eigenvalue weighted by Gasteiger charge is -2.38. The molecule has 0 bridgehead atoms. The van der Waals surface area contributed by atoms with E-state index in [1.807, 2.05) is 6.07 Å². The fraction of sp³-hybridized carbons (Fsp3) is 0.588. The predicted molar refractivity (Wildman–Crippen MR) is 90.1 cm³/mol. The van der Waals surface area contributed by atoms with Crippen molar-refractivity contribution in [3.63, 3.8) is 0 Å². The van der Waals surface area contributed by atoms with Crippen molar-refractivity contribution in [3.8, 4) is 0 Å². The summed E-state index contributed by atoms with van der Waals surface area (Å²) in [7, 11) is -1.60. The summed E-state index contributed by atoms with van der Waals surface area (Å²) in [6.45, 7) is 3.15. The maximum absolute atomic E-state index is 12.2. The molecule has 0 N–H and O–H groups in total. The molecule has 2 atom stereocenters. The Morgan fingerprint density at radius 2 is 2.13 bits per heavy atom. The van der Waals surface area contributed by atoms with Gasteiger partial charge in [0.15, 0.2) is 9.84 Å². The third kappa shape index (κ3) is 5.32. The van der Waals surface area contributed by atoms with Crippen LogP contribution in [0.5, 0.6) is 0 Å². The van der Waals surface area contributed by atoms with Crippen LogP contribution in [0.4, 0.5) is 0 Å². The van der Waals surface area contributed by atoms with Crippen LogP contribution in [-0.2, 0) is 25.8 Å². The number of rotatable bonds is 5. The number of methoxy groups -OCH3 is 1. The molecule has 1 amide bonds. The largest absolute Gasteiger partial charge is 0.381 e. The second kappa shape index (κ2) is 7.45. The molecule has 0 saturated carbocycles. The summed E-state index contributed by atoms with van der Waals surface area (Å²) in [6, 6.07) is 8.31. The lowest BCUT2D eigenvalue weighted by atomic mass is 9.88. The minimum absolute atomic E-state index is 0.0952. The second-order valence-electron chi connectivity index (χ2n) is 6.43. The van der Waals surface area contributed by atoms with Gasteiger partial charge in [0.25, 0.3) is 0 Å². The first-order chi connectivity index (χ1) is 10.8. The molecule has 1 aromatic carbocycles. The smallest absolute Gasteiger partial charge is 0.237 e. The Morgan fingerprint density at radius 1 is 1.39 bits per heavy atom. The molecular weight excluding hydrogens is 314 g/mol. The Bertz CT molecular complexity index is 656. The zero-order chi connectivity index (χ0) is 17.0. The number of carbonyl (C=O) groups is 1. The first-order valence-corrected chi connectivity index (χ1v) is 9.88. The number of piperidine rings is 1. The Labute approximate surface area is 138 Å². The molecule has 2 rings (SSSR count). The third-order valence-corrected chi connectivity index (χ3v) is 5.06. The van der Waals surface area contributed by atoms with Gasteiger partial charge in [-0.2, -0.15) is 0 Å². The molecule has 1 saturated heterocycles. The SMILES string of the molecule is CO[C@@H]1CCN(C(=O)CS(C)(=O)=O)C[C@H]1Cc1cccc(C)c1. The Hall–Kier alpha value is -1.40. The molecule has 0 unspecified atom stereocenters. The zero-order valence-electron chi connectivity index (χ0n) is 14.0. The van der Waals surface area contributed by atoms with Gasteiger partial charge in [-0.05, 0) is 25.3 Å². The van der Waals surface area contributed by atoms with Crippen LogP contribution in [0.3, 0.4) is 0 Å². The normalized spacial score (nSPS) is 22.1. The highest BCUT2D eigenvalue weighted by Crippen LogP contribution is 2.24. The highest BCUT2D eigenvalue weighted by Gasteiger charge is 2.32. The van der Waals surface area contributed by atoms with Crippen molar-refractivity contribution in [3.05, 3.63) is 35.4 Å². The third-order valence-electron chi connectivity index (χ3n) is 4.29. The molecule has 1 aliphatic rings. The molecule has 1 aromatic rings. The van der Waals surface area contributed by atoms with E-state index in [0.717, 1.165) is 19.1 Å². The minimum atomic E-state index is -3.30. The van der Waals surface area contributed by atoms with E-state index in [0.29, 0.717) is 13.1 Å². The van der Waals surface area contributed by atoms with Crippen LogP contribution in [0, 0.1) is 12.8 Å². The van der Waals surface area contributed by atoms with Crippen LogP contribution < -0.4 is 0 Å². The second-order valence-corrected chi connectivity index (χ2v) is 8.57. The molecular formula is C17H25NO4S. The lowest BCUT2D eigenvalue weighted by molar-refractivity contribution is -0.132. The summed E-state index contributed by atoms with van der Waals surface area (Å²) in [5, 5.41) is 0. The van der Waals surface area contributed by atoms with Crippen LogP contribution >= 0.6 is 0 Å². The number of ether oxygens (including phenoxy) is 1. The van der Waals surface area contributed by atoms with E-state index in [9.17, 15) is 13.2 Å². The highest BCUT2D eigenvalue weighted by molar-refractivity contribution is 7.91. The number of hydrogen-bond acceptors (Lipinski definition) is 4. The molecule has 1 aliphatic heterocycles. The summed E-state index contributed by atoms with van der Waals surface area (Å²) < 4.78 is 28.3. The van der Waals surface area contributed by atoms with Gasteiger partial charge in [-0.25, -0.2) is 8.42 Å². The molecule has 5 nitrogen and oxygen atoms in total. The summed E-state index contributed by atoms with van der Waals surface area (Å²) in [5.41, 5.74) is 2.42. The molecule has 0 radical (unpaired) electrons. The fourth-order valence-electron chi connectivity index (χ4n) is 3.20. The average molecular weight is 339 g/mol. The van der Waals surface area contributed by atoms with Crippen molar-refractivity contribution in [2.75, 3.05) is 32.2 Å². The van der Waals surface area contributed by atoms with Crippen molar-refractivity contribution in [2.24, 2.45) is 5.92 Å². The summed E-state index contributed by atoms with van der Waals surface area (Å²) in [4.78, 5) is 13.8. The van der Waals surface area contributed by atoms with Crippen LogP contribution in [-0.4, -0.2) is 57.5 Å². The Morgan fingerprint density at radius 3 is 2.74 bits per heavy atom. The van der Waals surface area contributed by atoms with Crippen molar-refractivity contribution in [1.82, 2.24) is 4.90 Å². The van der Waals surface area contributed by atoms with Crippen molar-refractivity contribution in [1.29, 1.82) is 0 Å².